The number of hydrogen-bond donors (Lipinski definition) is 3. The van der Waals surface area contributed by atoms with E-state index < -0.39 is 0 Å². The van der Waals surface area contributed by atoms with Gasteiger partial charge in [-0.25, -0.2) is 0 Å². The molecule has 0 aromatic heterocycles. The van der Waals surface area contributed by atoms with Gasteiger partial charge in [0.2, 0.25) is 0 Å². The number of rotatable bonds is 2. The SMILES string of the molecule is OCCNC1=NCCN1.[H+].[I-]. The van der Waals surface area contributed by atoms with Crippen LogP contribution in [0.25, 0.3) is 0 Å². The summed E-state index contributed by atoms with van der Waals surface area (Å²) < 4.78 is 0. The summed E-state index contributed by atoms with van der Waals surface area (Å²) in [5.41, 5.74) is 0. The molecule has 1 aliphatic heterocycles. The fourth-order valence-corrected chi connectivity index (χ4v) is 0.691. The average molecular weight is 257 g/mol. The number of nitrogens with zero attached hydrogens (tertiary/aromatic N) is 1. The van der Waals surface area contributed by atoms with Gasteiger partial charge >= 0.3 is 1.43 Å². The van der Waals surface area contributed by atoms with Crippen molar-refractivity contribution in [3.63, 3.8) is 0 Å². The van der Waals surface area contributed by atoms with Crippen LogP contribution in [0.5, 0.6) is 0 Å². The standard InChI is InChI=1S/C5H11N3O.HI/c9-4-3-8-5-6-1-2-7-5;/h9H,1-4H2,(H2,6,7,8);1H. The zero-order valence-corrected chi connectivity index (χ0v) is 7.76. The molecule has 0 atom stereocenters. The molecule has 4 nitrogen and oxygen atoms in total. The van der Waals surface area contributed by atoms with Gasteiger partial charge in [0, 0.05) is 13.1 Å². The van der Waals surface area contributed by atoms with Crippen LogP contribution in [0, 0.1) is 0 Å². The summed E-state index contributed by atoms with van der Waals surface area (Å²) in [6.07, 6.45) is 0. The molecule has 60 valence electrons. The summed E-state index contributed by atoms with van der Waals surface area (Å²) in [5, 5.41) is 14.3. The van der Waals surface area contributed by atoms with Gasteiger partial charge in [0.1, 0.15) is 0 Å². The van der Waals surface area contributed by atoms with Gasteiger partial charge < -0.3 is 39.7 Å². The molecule has 0 bridgehead atoms. The van der Waals surface area contributed by atoms with E-state index in [0.29, 0.717) is 6.54 Å². The lowest BCUT2D eigenvalue weighted by Crippen LogP contribution is -3.00. The monoisotopic (exact) mass is 257 g/mol. The second kappa shape index (κ2) is 5.72. The Morgan fingerprint density at radius 1 is 1.80 bits per heavy atom. The molecule has 0 aromatic rings. The van der Waals surface area contributed by atoms with Gasteiger partial charge in [-0.2, -0.15) is 0 Å². The summed E-state index contributed by atoms with van der Waals surface area (Å²) in [5.74, 6) is 0.809. The first-order valence-corrected chi connectivity index (χ1v) is 3.06. The van der Waals surface area contributed by atoms with E-state index in [1.54, 1.807) is 0 Å². The van der Waals surface area contributed by atoms with Crippen molar-refractivity contribution in [2.75, 3.05) is 26.2 Å². The number of hydrogen-bond acceptors (Lipinski definition) is 4. The second-order valence-electron chi connectivity index (χ2n) is 1.81. The van der Waals surface area contributed by atoms with Crippen LogP contribution in [0.2, 0.25) is 0 Å². The summed E-state index contributed by atoms with van der Waals surface area (Å²) in [7, 11) is 0. The van der Waals surface area contributed by atoms with Crippen LogP contribution in [0.1, 0.15) is 1.43 Å². The molecule has 0 fully saturated rings. The molecule has 1 heterocycles. The first kappa shape index (κ1) is 9.96. The zero-order valence-electron chi connectivity index (χ0n) is 6.60. The van der Waals surface area contributed by atoms with E-state index >= 15 is 0 Å². The molecule has 0 aromatic carbocycles. The van der Waals surface area contributed by atoms with E-state index in [2.05, 4.69) is 15.6 Å². The lowest BCUT2D eigenvalue weighted by Gasteiger charge is -2.02. The quantitative estimate of drug-likeness (QED) is 0.438. The van der Waals surface area contributed by atoms with E-state index in [1.165, 1.54) is 0 Å². The third-order valence-electron chi connectivity index (χ3n) is 1.08. The van der Waals surface area contributed by atoms with Crippen molar-refractivity contribution in [3.05, 3.63) is 0 Å². The van der Waals surface area contributed by atoms with Crippen LogP contribution in [-0.4, -0.2) is 37.3 Å². The van der Waals surface area contributed by atoms with Crippen LogP contribution < -0.4 is 34.6 Å². The molecule has 0 aliphatic carbocycles. The highest BCUT2D eigenvalue weighted by Gasteiger charge is 2.00. The first-order valence-electron chi connectivity index (χ1n) is 3.06. The smallest absolute Gasteiger partial charge is 1.00 e. The van der Waals surface area contributed by atoms with E-state index in [0.717, 1.165) is 19.0 Å². The van der Waals surface area contributed by atoms with Crippen LogP contribution in [0.15, 0.2) is 4.99 Å². The molecule has 0 spiro atoms. The van der Waals surface area contributed by atoms with Gasteiger partial charge in [0.25, 0.3) is 0 Å². The van der Waals surface area contributed by atoms with E-state index in [-0.39, 0.29) is 32.0 Å². The molecule has 1 rings (SSSR count). The van der Waals surface area contributed by atoms with Crippen molar-refractivity contribution in [2.45, 2.75) is 0 Å². The normalized spacial score (nSPS) is 15.1. The summed E-state index contributed by atoms with van der Waals surface area (Å²) >= 11 is 0. The molecule has 0 amide bonds. The Morgan fingerprint density at radius 2 is 2.60 bits per heavy atom. The molecule has 1 aliphatic rings. The molecule has 0 unspecified atom stereocenters. The van der Waals surface area contributed by atoms with E-state index in [4.69, 9.17) is 5.11 Å². The Hall–Kier alpha value is -0.0400. The number of aliphatic imine (C=N–C) groups is 1. The van der Waals surface area contributed by atoms with Crippen LogP contribution >= 0.6 is 0 Å². The predicted octanol–water partition coefficient (Wildman–Crippen LogP) is -4.36. The molecule has 5 heteroatoms. The summed E-state index contributed by atoms with van der Waals surface area (Å²) in [6, 6.07) is 0. The number of aliphatic hydroxyl groups is 1. The Morgan fingerprint density at radius 3 is 3.10 bits per heavy atom. The van der Waals surface area contributed by atoms with Gasteiger partial charge in [-0.05, 0) is 0 Å². The Balaban J connectivity index is 0. The topological polar surface area (TPSA) is 56.6 Å². The number of halogens is 1. The Kier molecular flexibility index (Phi) is 5.70. The van der Waals surface area contributed by atoms with Crippen molar-refractivity contribution in [1.29, 1.82) is 0 Å². The molecule has 3 N–H and O–H groups in total. The largest absolute Gasteiger partial charge is 1.00 e. The minimum absolute atomic E-state index is 0. The van der Waals surface area contributed by atoms with Crippen molar-refractivity contribution < 1.29 is 30.5 Å². The maximum absolute atomic E-state index is 8.38. The minimum Gasteiger partial charge on any atom is -1.00 e. The van der Waals surface area contributed by atoms with Crippen molar-refractivity contribution in [3.8, 4) is 0 Å². The van der Waals surface area contributed by atoms with E-state index in [1.807, 2.05) is 0 Å². The Bertz CT molecular complexity index is 122. The second-order valence-corrected chi connectivity index (χ2v) is 1.81. The van der Waals surface area contributed by atoms with Crippen LogP contribution in [0.3, 0.4) is 0 Å². The van der Waals surface area contributed by atoms with Crippen molar-refractivity contribution >= 4 is 5.96 Å². The fraction of sp³-hybridized carbons (Fsp3) is 0.800. The first-order chi connectivity index (χ1) is 4.43. The van der Waals surface area contributed by atoms with Gasteiger partial charge in [-0.1, -0.05) is 0 Å². The third kappa shape index (κ3) is 3.21. The minimum atomic E-state index is 0. The van der Waals surface area contributed by atoms with Gasteiger partial charge in [0.05, 0.1) is 13.2 Å². The molecule has 0 radical (unpaired) electrons. The predicted molar refractivity (Wildman–Crippen MR) is 36.5 cm³/mol. The third-order valence-corrected chi connectivity index (χ3v) is 1.08. The number of aliphatic hydroxyl groups excluding tert-OH is 1. The Labute approximate surface area is 78.6 Å². The zero-order chi connectivity index (χ0) is 6.53. The molecule has 10 heavy (non-hydrogen) atoms. The maximum Gasteiger partial charge on any atom is 1.00 e. The van der Waals surface area contributed by atoms with Crippen LogP contribution in [-0.2, 0) is 0 Å². The molecular formula is C5H12IN3O. The molecule has 0 saturated carbocycles. The van der Waals surface area contributed by atoms with Crippen molar-refractivity contribution in [2.24, 2.45) is 4.99 Å². The summed E-state index contributed by atoms with van der Waals surface area (Å²) in [6.45, 7) is 2.48. The van der Waals surface area contributed by atoms with Gasteiger partial charge in [-0.15, -0.1) is 0 Å². The summed E-state index contributed by atoms with van der Waals surface area (Å²) in [4.78, 5) is 4.06. The fourth-order valence-electron chi connectivity index (χ4n) is 0.691. The highest BCUT2D eigenvalue weighted by atomic mass is 127. The molecular weight excluding hydrogens is 245 g/mol. The van der Waals surface area contributed by atoms with Crippen molar-refractivity contribution in [1.82, 2.24) is 10.6 Å². The van der Waals surface area contributed by atoms with Gasteiger partial charge in [0.15, 0.2) is 5.96 Å². The highest BCUT2D eigenvalue weighted by Crippen LogP contribution is 1.79. The highest BCUT2D eigenvalue weighted by molar-refractivity contribution is 5.81. The lowest BCUT2D eigenvalue weighted by atomic mass is 10.7. The average Bonchev–Trinajstić information content (AvgIpc) is 2.34. The number of nitrogens with one attached hydrogen (secondary N) is 2. The maximum atomic E-state index is 8.38. The van der Waals surface area contributed by atoms with E-state index in [9.17, 15) is 0 Å². The number of guanidine groups is 1. The van der Waals surface area contributed by atoms with Gasteiger partial charge in [-0.3, -0.25) is 4.99 Å². The lowest BCUT2D eigenvalue weighted by molar-refractivity contribution is -0.00000304. The molecule has 0 saturated heterocycles. The van der Waals surface area contributed by atoms with Crippen LogP contribution in [0.4, 0.5) is 0 Å².